The van der Waals surface area contributed by atoms with Gasteiger partial charge in [-0.05, 0) is 25.5 Å². The van der Waals surface area contributed by atoms with Crippen molar-refractivity contribution in [2.45, 2.75) is 26.0 Å². The van der Waals surface area contributed by atoms with Crippen LogP contribution in [0.15, 0.2) is 18.2 Å². The van der Waals surface area contributed by atoms with Gasteiger partial charge >= 0.3 is 6.61 Å². The zero-order valence-corrected chi connectivity index (χ0v) is 11.6. The summed E-state index contributed by atoms with van der Waals surface area (Å²) in [6.07, 6.45) is 0.961. The summed E-state index contributed by atoms with van der Waals surface area (Å²) in [5.41, 5.74) is 0.504. The van der Waals surface area contributed by atoms with Gasteiger partial charge in [0.05, 0.1) is 19.4 Å². The predicted octanol–water partition coefficient (Wildman–Crippen LogP) is 3.13. The molecular formula is C14H19F2NO3. The van der Waals surface area contributed by atoms with Crippen LogP contribution in [0.3, 0.4) is 0 Å². The quantitative estimate of drug-likeness (QED) is 0.872. The molecule has 1 fully saturated rings. The van der Waals surface area contributed by atoms with Crippen molar-refractivity contribution in [3.63, 3.8) is 0 Å². The third-order valence-electron chi connectivity index (χ3n) is 3.46. The van der Waals surface area contributed by atoms with Crippen LogP contribution in [0.5, 0.6) is 11.5 Å². The summed E-state index contributed by atoms with van der Waals surface area (Å²) in [5.74, 6) is 1.07. The van der Waals surface area contributed by atoms with Gasteiger partial charge in [-0.25, -0.2) is 0 Å². The molecule has 1 aliphatic rings. The standard InChI is InChI=1S/C14H19F2NO3/c1-9(10-5-6-19-8-10)17-12-7-11(18-2)3-4-13(12)20-14(15)16/h3-4,7,9-10,14,17H,5-6,8H2,1-2H3. The third-order valence-corrected chi connectivity index (χ3v) is 3.46. The van der Waals surface area contributed by atoms with E-state index in [1.807, 2.05) is 6.92 Å². The number of nitrogens with one attached hydrogen (secondary N) is 1. The fraction of sp³-hybridized carbons (Fsp3) is 0.571. The Morgan fingerprint density at radius 1 is 1.40 bits per heavy atom. The van der Waals surface area contributed by atoms with Gasteiger partial charge in [-0.15, -0.1) is 0 Å². The van der Waals surface area contributed by atoms with Crippen molar-refractivity contribution < 1.29 is 23.0 Å². The van der Waals surface area contributed by atoms with Crippen LogP contribution in [0.4, 0.5) is 14.5 Å². The largest absolute Gasteiger partial charge is 0.497 e. The van der Waals surface area contributed by atoms with E-state index < -0.39 is 6.61 Å². The third kappa shape index (κ3) is 3.72. The first-order valence-corrected chi connectivity index (χ1v) is 6.57. The van der Waals surface area contributed by atoms with E-state index in [4.69, 9.17) is 9.47 Å². The summed E-state index contributed by atoms with van der Waals surface area (Å²) in [4.78, 5) is 0. The second-order valence-corrected chi connectivity index (χ2v) is 4.80. The highest BCUT2D eigenvalue weighted by Gasteiger charge is 2.23. The Bertz CT molecular complexity index is 436. The van der Waals surface area contributed by atoms with Crippen molar-refractivity contribution in [2.24, 2.45) is 5.92 Å². The Labute approximate surface area is 117 Å². The Kier molecular flexibility index (Phi) is 5.00. The highest BCUT2D eigenvalue weighted by Crippen LogP contribution is 2.32. The fourth-order valence-corrected chi connectivity index (χ4v) is 2.26. The van der Waals surface area contributed by atoms with Gasteiger partial charge in [-0.3, -0.25) is 0 Å². The number of methoxy groups -OCH3 is 1. The smallest absolute Gasteiger partial charge is 0.387 e. The van der Waals surface area contributed by atoms with Gasteiger partial charge in [0.25, 0.3) is 0 Å². The number of hydrogen-bond acceptors (Lipinski definition) is 4. The second kappa shape index (κ2) is 6.74. The molecule has 6 heteroatoms. The molecular weight excluding hydrogens is 268 g/mol. The van der Waals surface area contributed by atoms with Crippen LogP contribution >= 0.6 is 0 Å². The van der Waals surface area contributed by atoms with E-state index in [-0.39, 0.29) is 11.8 Å². The molecule has 0 aliphatic carbocycles. The van der Waals surface area contributed by atoms with Gasteiger partial charge in [0.1, 0.15) is 11.5 Å². The van der Waals surface area contributed by atoms with Crippen LogP contribution in [0.25, 0.3) is 0 Å². The first-order chi connectivity index (χ1) is 9.60. The van der Waals surface area contributed by atoms with Crippen molar-refractivity contribution >= 4 is 5.69 Å². The first-order valence-electron chi connectivity index (χ1n) is 6.57. The molecule has 1 aliphatic heterocycles. The van der Waals surface area contributed by atoms with Crippen LogP contribution in [0.2, 0.25) is 0 Å². The van der Waals surface area contributed by atoms with Gasteiger partial charge in [0.15, 0.2) is 0 Å². The lowest BCUT2D eigenvalue weighted by molar-refractivity contribution is -0.0494. The lowest BCUT2D eigenvalue weighted by Crippen LogP contribution is -2.26. The Morgan fingerprint density at radius 3 is 2.80 bits per heavy atom. The lowest BCUT2D eigenvalue weighted by atomic mass is 10.0. The summed E-state index contributed by atoms with van der Waals surface area (Å²) in [6, 6.07) is 4.83. The number of benzene rings is 1. The maximum atomic E-state index is 12.4. The summed E-state index contributed by atoms with van der Waals surface area (Å²) >= 11 is 0. The number of alkyl halides is 2. The van der Waals surface area contributed by atoms with Crippen molar-refractivity contribution in [1.82, 2.24) is 0 Å². The molecule has 1 N–H and O–H groups in total. The topological polar surface area (TPSA) is 39.7 Å². The molecule has 2 atom stereocenters. The molecule has 4 nitrogen and oxygen atoms in total. The van der Waals surface area contributed by atoms with Gasteiger partial charge in [-0.2, -0.15) is 8.78 Å². The highest BCUT2D eigenvalue weighted by molar-refractivity contribution is 5.60. The molecule has 0 aromatic heterocycles. The predicted molar refractivity (Wildman–Crippen MR) is 71.6 cm³/mol. The second-order valence-electron chi connectivity index (χ2n) is 4.80. The van der Waals surface area contributed by atoms with Crippen molar-refractivity contribution in [3.8, 4) is 11.5 Å². The molecule has 1 heterocycles. The number of anilines is 1. The number of halogens is 2. The van der Waals surface area contributed by atoms with Crippen LogP contribution in [-0.2, 0) is 4.74 Å². The van der Waals surface area contributed by atoms with Gasteiger partial charge < -0.3 is 19.5 Å². The molecule has 1 aromatic carbocycles. The van der Waals surface area contributed by atoms with Crippen LogP contribution in [-0.4, -0.2) is 33.0 Å². The maximum Gasteiger partial charge on any atom is 0.387 e. The average molecular weight is 287 g/mol. The minimum Gasteiger partial charge on any atom is -0.497 e. The molecule has 2 unspecified atom stereocenters. The van der Waals surface area contributed by atoms with E-state index in [1.54, 1.807) is 12.1 Å². The van der Waals surface area contributed by atoms with Gasteiger partial charge in [0, 0.05) is 24.6 Å². The van der Waals surface area contributed by atoms with Crippen LogP contribution < -0.4 is 14.8 Å². The van der Waals surface area contributed by atoms with Crippen molar-refractivity contribution in [3.05, 3.63) is 18.2 Å². The SMILES string of the molecule is COc1ccc(OC(F)F)c(NC(C)C2CCOC2)c1. The molecule has 0 saturated carbocycles. The number of hydrogen-bond donors (Lipinski definition) is 1. The first kappa shape index (κ1) is 14.8. The minimum atomic E-state index is -2.85. The van der Waals surface area contributed by atoms with E-state index in [0.717, 1.165) is 13.0 Å². The summed E-state index contributed by atoms with van der Waals surface area (Å²) in [6.45, 7) is 0.581. The van der Waals surface area contributed by atoms with E-state index in [1.165, 1.54) is 13.2 Å². The van der Waals surface area contributed by atoms with E-state index in [9.17, 15) is 8.78 Å². The highest BCUT2D eigenvalue weighted by atomic mass is 19.3. The van der Waals surface area contributed by atoms with E-state index >= 15 is 0 Å². The Hall–Kier alpha value is -1.56. The number of rotatable bonds is 6. The fourth-order valence-electron chi connectivity index (χ4n) is 2.26. The maximum absolute atomic E-state index is 12.4. The minimum absolute atomic E-state index is 0.102. The van der Waals surface area contributed by atoms with Gasteiger partial charge in [0.2, 0.25) is 0 Å². The lowest BCUT2D eigenvalue weighted by Gasteiger charge is -2.22. The van der Waals surface area contributed by atoms with Crippen molar-refractivity contribution in [1.29, 1.82) is 0 Å². The van der Waals surface area contributed by atoms with Crippen LogP contribution in [0.1, 0.15) is 13.3 Å². The zero-order valence-electron chi connectivity index (χ0n) is 11.6. The molecule has 1 saturated heterocycles. The molecule has 2 rings (SSSR count). The molecule has 112 valence electrons. The molecule has 0 radical (unpaired) electrons. The van der Waals surface area contributed by atoms with E-state index in [2.05, 4.69) is 10.1 Å². The molecule has 1 aromatic rings. The zero-order chi connectivity index (χ0) is 14.5. The molecule has 20 heavy (non-hydrogen) atoms. The number of ether oxygens (including phenoxy) is 3. The summed E-state index contributed by atoms with van der Waals surface area (Å²) in [5, 5.41) is 3.21. The molecule has 0 amide bonds. The molecule has 0 bridgehead atoms. The van der Waals surface area contributed by atoms with Crippen LogP contribution in [0, 0.1) is 5.92 Å². The Morgan fingerprint density at radius 2 is 2.20 bits per heavy atom. The van der Waals surface area contributed by atoms with E-state index in [0.29, 0.717) is 24.0 Å². The average Bonchev–Trinajstić information content (AvgIpc) is 2.94. The normalized spacial score (nSPS) is 19.9. The summed E-state index contributed by atoms with van der Waals surface area (Å²) < 4.78 is 39.8. The Balaban J connectivity index is 2.13. The van der Waals surface area contributed by atoms with Crippen molar-refractivity contribution in [2.75, 3.05) is 25.6 Å². The summed E-state index contributed by atoms with van der Waals surface area (Å²) in [7, 11) is 1.53. The monoisotopic (exact) mass is 287 g/mol. The molecule has 0 spiro atoms. The van der Waals surface area contributed by atoms with Gasteiger partial charge in [-0.1, -0.05) is 0 Å².